The molecule has 3 N–H and O–H groups in total. The predicted molar refractivity (Wildman–Crippen MR) is 372 cm³/mol. The summed E-state index contributed by atoms with van der Waals surface area (Å²) in [5, 5.41) is 10.6. The zero-order chi connectivity index (χ0) is 68.2. The lowest BCUT2D eigenvalue weighted by Gasteiger charge is -2.21. The predicted octanol–water partition coefficient (Wildman–Crippen LogP) is 20.9. The summed E-state index contributed by atoms with van der Waals surface area (Å²) in [7, 11) is -9.91. The van der Waals surface area contributed by atoms with E-state index in [0.29, 0.717) is 31.6 Å². The Morgan fingerprint density at radius 1 is 0.304 bits per heavy atom. The first-order chi connectivity index (χ1) is 44.2. The molecule has 0 amide bonds. The number of carbonyl (C=O) groups is 4. The molecule has 0 bridgehead atoms. The number of hydrogen-bond acceptors (Lipinski definition) is 15. The van der Waals surface area contributed by atoms with E-state index in [9.17, 15) is 43.2 Å². The van der Waals surface area contributed by atoms with Crippen molar-refractivity contribution in [2.24, 2.45) is 23.7 Å². The van der Waals surface area contributed by atoms with Crippen molar-refractivity contribution in [2.45, 2.75) is 382 Å². The van der Waals surface area contributed by atoms with Crippen LogP contribution in [0.2, 0.25) is 0 Å². The Kier molecular flexibility index (Phi) is 61.3. The summed E-state index contributed by atoms with van der Waals surface area (Å²) >= 11 is 0. The van der Waals surface area contributed by atoms with Crippen molar-refractivity contribution in [3.8, 4) is 0 Å². The van der Waals surface area contributed by atoms with Crippen LogP contribution in [0.15, 0.2) is 0 Å². The topological polar surface area (TPSA) is 237 Å². The summed E-state index contributed by atoms with van der Waals surface area (Å²) in [6.07, 6.45) is 45.8. The summed E-state index contributed by atoms with van der Waals surface area (Å²) < 4.78 is 68.4. The molecule has 92 heavy (non-hydrogen) atoms. The zero-order valence-electron chi connectivity index (χ0n) is 60.2. The summed E-state index contributed by atoms with van der Waals surface area (Å²) in [5.74, 6) is 0.951. The van der Waals surface area contributed by atoms with Gasteiger partial charge in [0.1, 0.15) is 19.3 Å². The number of esters is 4. The van der Waals surface area contributed by atoms with E-state index >= 15 is 0 Å². The molecule has 5 unspecified atom stereocenters. The average Bonchev–Trinajstić information content (AvgIpc) is 1.64. The molecule has 0 aromatic heterocycles. The van der Waals surface area contributed by atoms with Crippen LogP contribution in [-0.2, 0) is 65.4 Å². The fourth-order valence-corrected chi connectivity index (χ4v) is 12.5. The van der Waals surface area contributed by atoms with Crippen LogP contribution < -0.4 is 0 Å². The largest absolute Gasteiger partial charge is 0.472 e. The van der Waals surface area contributed by atoms with Gasteiger partial charge < -0.3 is 33.8 Å². The van der Waals surface area contributed by atoms with Crippen LogP contribution in [-0.4, -0.2) is 96.7 Å². The van der Waals surface area contributed by atoms with Gasteiger partial charge in [0.25, 0.3) is 0 Å². The Balaban J connectivity index is 5.21. The summed E-state index contributed by atoms with van der Waals surface area (Å²) in [5.41, 5.74) is 0. The van der Waals surface area contributed by atoms with Gasteiger partial charge >= 0.3 is 39.5 Å². The van der Waals surface area contributed by atoms with Crippen molar-refractivity contribution >= 4 is 39.5 Å². The fourth-order valence-electron chi connectivity index (χ4n) is 10.9. The van der Waals surface area contributed by atoms with E-state index in [1.54, 1.807) is 0 Å². The highest BCUT2D eigenvalue weighted by Crippen LogP contribution is 2.45. The molecule has 0 spiro atoms. The number of unbranched alkanes of at least 4 members (excludes halogenated alkanes) is 33. The molecule has 8 atom stereocenters. The standard InChI is InChI=1S/C73H142O17P2/c1-9-64(6)50-42-34-26-20-16-14-12-13-15-17-22-28-37-45-53-70(75)83-59-68(90-73(78)56-48-40-30-24-25-33-41-49-63(4)5)61-87-91(79,80)85-57-67(74)58-86-92(81,82)88-62-69(60-84-71(76)54-46-38-32-31-36-44-52-66(8)11-3)89-72(77)55-47-39-29-23-19-18-21-27-35-43-51-65(7)10-2/h63-69,74H,9-62H2,1-8H3,(H,79,80)(H,81,82)/t64?,65?,66?,67-,68-,69-/m1/s1. The molecule has 0 aromatic carbocycles. The van der Waals surface area contributed by atoms with Gasteiger partial charge in [0.05, 0.1) is 26.4 Å². The summed E-state index contributed by atoms with van der Waals surface area (Å²) in [6.45, 7) is 14.2. The van der Waals surface area contributed by atoms with Gasteiger partial charge in [0, 0.05) is 25.7 Å². The van der Waals surface area contributed by atoms with Crippen LogP contribution in [0.3, 0.4) is 0 Å². The lowest BCUT2D eigenvalue weighted by atomic mass is 9.99. The lowest BCUT2D eigenvalue weighted by Crippen LogP contribution is -2.30. The minimum Gasteiger partial charge on any atom is -0.462 e. The van der Waals surface area contributed by atoms with Crippen LogP contribution >= 0.6 is 15.6 Å². The van der Waals surface area contributed by atoms with E-state index in [0.717, 1.165) is 114 Å². The Morgan fingerprint density at radius 2 is 0.522 bits per heavy atom. The number of aliphatic hydroxyl groups is 1. The van der Waals surface area contributed by atoms with E-state index in [-0.39, 0.29) is 25.7 Å². The van der Waals surface area contributed by atoms with Gasteiger partial charge in [-0.15, -0.1) is 0 Å². The van der Waals surface area contributed by atoms with Crippen molar-refractivity contribution in [1.29, 1.82) is 0 Å². The molecule has 0 radical (unpaired) electrons. The third-order valence-corrected chi connectivity index (χ3v) is 19.8. The second-order valence-electron chi connectivity index (χ2n) is 27.5. The molecule has 0 saturated heterocycles. The molecule has 0 saturated carbocycles. The highest BCUT2D eigenvalue weighted by atomic mass is 31.2. The van der Waals surface area contributed by atoms with E-state index in [1.165, 1.54) is 161 Å². The normalized spacial score (nSPS) is 15.1. The quantitative estimate of drug-likeness (QED) is 0.0222. The highest BCUT2D eigenvalue weighted by molar-refractivity contribution is 7.47. The molecule has 0 aliphatic rings. The molecule has 0 heterocycles. The van der Waals surface area contributed by atoms with Crippen molar-refractivity contribution in [3.05, 3.63) is 0 Å². The minimum atomic E-state index is -4.95. The Labute approximate surface area is 562 Å². The molecule has 0 fully saturated rings. The molecule has 17 nitrogen and oxygen atoms in total. The molecule has 0 aromatic rings. The number of phosphoric acid groups is 2. The van der Waals surface area contributed by atoms with Gasteiger partial charge in [-0.1, -0.05) is 312 Å². The molecular weight excluding hydrogens is 1210 g/mol. The maximum atomic E-state index is 13.0. The SMILES string of the molecule is CCC(C)CCCCCCCCCCCCCCCCC(=O)OC[C@H](COP(=O)(O)OC[C@@H](O)COP(=O)(O)OC[C@@H](COC(=O)CCCCCCCCC(C)CC)OC(=O)CCCCCCCCCCCCC(C)CC)OC(=O)CCCCCCCCCC(C)C. The number of phosphoric ester groups is 2. The maximum absolute atomic E-state index is 13.0. The molecular formula is C73H142O17P2. The fraction of sp³-hybridized carbons (Fsp3) is 0.945. The molecule has 0 aliphatic heterocycles. The van der Waals surface area contributed by atoms with Crippen molar-refractivity contribution in [1.82, 2.24) is 0 Å². The van der Waals surface area contributed by atoms with Crippen LogP contribution in [0.4, 0.5) is 0 Å². The first-order valence-corrected chi connectivity index (χ1v) is 40.8. The van der Waals surface area contributed by atoms with E-state index in [2.05, 4.69) is 55.4 Å². The van der Waals surface area contributed by atoms with Crippen molar-refractivity contribution in [3.63, 3.8) is 0 Å². The third kappa shape index (κ3) is 62.8. The van der Waals surface area contributed by atoms with E-state index < -0.39 is 97.5 Å². The van der Waals surface area contributed by atoms with E-state index in [1.807, 2.05) is 0 Å². The van der Waals surface area contributed by atoms with Gasteiger partial charge in [0.15, 0.2) is 12.2 Å². The van der Waals surface area contributed by atoms with Crippen molar-refractivity contribution < 1.29 is 80.2 Å². The zero-order valence-corrected chi connectivity index (χ0v) is 62.0. The second kappa shape index (κ2) is 62.6. The average molecular weight is 1350 g/mol. The maximum Gasteiger partial charge on any atom is 0.472 e. The van der Waals surface area contributed by atoms with Crippen LogP contribution in [0.5, 0.6) is 0 Å². The van der Waals surface area contributed by atoms with E-state index in [4.69, 9.17) is 37.0 Å². The molecule has 0 rings (SSSR count). The minimum absolute atomic E-state index is 0.103. The van der Waals surface area contributed by atoms with Gasteiger partial charge in [-0.25, -0.2) is 9.13 Å². The highest BCUT2D eigenvalue weighted by Gasteiger charge is 2.30. The van der Waals surface area contributed by atoms with Gasteiger partial charge in [-0.3, -0.25) is 37.3 Å². The van der Waals surface area contributed by atoms with Gasteiger partial charge in [-0.2, -0.15) is 0 Å². The number of aliphatic hydroxyl groups excluding tert-OH is 1. The number of carbonyl (C=O) groups excluding carboxylic acids is 4. The summed E-state index contributed by atoms with van der Waals surface area (Å²) in [6, 6.07) is 0. The second-order valence-corrected chi connectivity index (χ2v) is 30.4. The number of ether oxygens (including phenoxy) is 4. The van der Waals surface area contributed by atoms with Gasteiger partial charge in [0.2, 0.25) is 0 Å². The van der Waals surface area contributed by atoms with Gasteiger partial charge in [-0.05, 0) is 49.4 Å². The first-order valence-electron chi connectivity index (χ1n) is 37.8. The number of hydrogen-bond donors (Lipinski definition) is 3. The monoisotopic (exact) mass is 1350 g/mol. The number of rotatable bonds is 70. The van der Waals surface area contributed by atoms with Crippen LogP contribution in [0.1, 0.15) is 364 Å². The molecule has 0 aliphatic carbocycles. The third-order valence-electron chi connectivity index (χ3n) is 17.9. The lowest BCUT2D eigenvalue weighted by molar-refractivity contribution is -0.161. The first kappa shape index (κ1) is 90.1. The Morgan fingerprint density at radius 3 is 0.772 bits per heavy atom. The molecule has 19 heteroatoms. The summed E-state index contributed by atoms with van der Waals surface area (Å²) in [4.78, 5) is 72.6. The Bertz CT molecular complexity index is 1820. The molecule has 546 valence electrons. The van der Waals surface area contributed by atoms with Crippen molar-refractivity contribution in [2.75, 3.05) is 39.6 Å². The Hall–Kier alpha value is -1.94. The van der Waals surface area contributed by atoms with Crippen LogP contribution in [0, 0.1) is 23.7 Å². The van der Waals surface area contributed by atoms with Crippen LogP contribution in [0.25, 0.3) is 0 Å². The smallest absolute Gasteiger partial charge is 0.462 e.